The van der Waals surface area contributed by atoms with E-state index in [-0.39, 0.29) is 10.8 Å². The van der Waals surface area contributed by atoms with Gasteiger partial charge in [0, 0.05) is 32.8 Å². The zero-order valence-electron chi connectivity index (χ0n) is 38.4. The summed E-state index contributed by atoms with van der Waals surface area (Å²) < 4.78 is 12.6. The molecule has 0 bridgehead atoms. The fourth-order valence-corrected chi connectivity index (χ4v) is 9.72. The van der Waals surface area contributed by atoms with Gasteiger partial charge in [-0.3, -0.25) is 0 Å². The maximum absolute atomic E-state index is 14.3. The standard InChI is InChI=1S/C61H58O3/c1-58(2,43-27-13-9-14-28-43)51-39-25-37-49(55(51)60(5,6)45-31-17-11-18-32-45)47-35-21-23-41-53(47)63-57(62)64-54-42-24-22-36-48(54)50-38-26-40-52(59(3,4)44-29-15-10-16-30-44)56(50)61(7,8)46-33-19-12-20-34-46/h9-42H,1-8H3. The molecule has 0 fully saturated rings. The van der Waals surface area contributed by atoms with Crippen molar-refractivity contribution in [2.75, 3.05) is 0 Å². The van der Waals surface area contributed by atoms with E-state index in [0.29, 0.717) is 11.5 Å². The summed E-state index contributed by atoms with van der Waals surface area (Å²) in [5, 5.41) is 0. The maximum atomic E-state index is 14.3. The Hall–Kier alpha value is -6.97. The Morgan fingerprint density at radius 3 is 0.891 bits per heavy atom. The minimum Gasteiger partial charge on any atom is -0.394 e. The number of hydrogen-bond acceptors (Lipinski definition) is 3. The second kappa shape index (κ2) is 17.7. The summed E-state index contributed by atoms with van der Waals surface area (Å²) in [6, 6.07) is 71.2. The van der Waals surface area contributed by atoms with Crippen molar-refractivity contribution in [2.24, 2.45) is 0 Å². The molecule has 3 nitrogen and oxygen atoms in total. The fraction of sp³-hybridized carbons (Fsp3) is 0.197. The number of hydrogen-bond donors (Lipinski definition) is 0. The van der Waals surface area contributed by atoms with Crippen LogP contribution in [0.25, 0.3) is 22.3 Å². The quantitative estimate of drug-likeness (QED) is 0.0908. The molecule has 0 saturated carbocycles. The first-order valence-corrected chi connectivity index (χ1v) is 22.3. The van der Waals surface area contributed by atoms with E-state index in [1.165, 1.54) is 33.4 Å². The van der Waals surface area contributed by atoms with E-state index in [2.05, 4.69) is 213 Å². The molecule has 0 unspecified atom stereocenters. The molecule has 64 heavy (non-hydrogen) atoms. The van der Waals surface area contributed by atoms with Crippen LogP contribution in [0.2, 0.25) is 0 Å². The van der Waals surface area contributed by atoms with Gasteiger partial charge in [0.2, 0.25) is 0 Å². The molecule has 320 valence electrons. The van der Waals surface area contributed by atoms with Crippen molar-refractivity contribution in [3.8, 4) is 33.8 Å². The van der Waals surface area contributed by atoms with Gasteiger partial charge in [0.05, 0.1) is 0 Å². The summed E-state index contributed by atoms with van der Waals surface area (Å²) >= 11 is 0. The molecule has 3 heteroatoms. The molecule has 0 atom stereocenters. The molecule has 0 aromatic heterocycles. The molecule has 8 rings (SSSR count). The molecular formula is C61H58O3. The number of ether oxygens (including phenoxy) is 2. The predicted octanol–water partition coefficient (Wildman–Crippen LogP) is 15.9. The van der Waals surface area contributed by atoms with E-state index in [1.54, 1.807) is 0 Å². The van der Waals surface area contributed by atoms with Crippen LogP contribution in [0.5, 0.6) is 11.5 Å². The topological polar surface area (TPSA) is 35.5 Å². The van der Waals surface area contributed by atoms with Crippen molar-refractivity contribution in [1.82, 2.24) is 0 Å². The summed E-state index contributed by atoms with van der Waals surface area (Å²) in [6.07, 6.45) is -0.811. The van der Waals surface area contributed by atoms with E-state index in [9.17, 15) is 4.79 Å². The van der Waals surface area contributed by atoms with Crippen LogP contribution in [0.15, 0.2) is 206 Å². The monoisotopic (exact) mass is 838 g/mol. The second-order valence-corrected chi connectivity index (χ2v) is 18.9. The van der Waals surface area contributed by atoms with Crippen molar-refractivity contribution in [2.45, 2.75) is 77.0 Å². The largest absolute Gasteiger partial charge is 0.519 e. The number of carbonyl (C=O) groups is 1. The normalized spacial score (nSPS) is 12.1. The summed E-state index contributed by atoms with van der Waals surface area (Å²) in [4.78, 5) is 14.3. The Morgan fingerprint density at radius 1 is 0.297 bits per heavy atom. The van der Waals surface area contributed by atoms with Gasteiger partial charge in [-0.1, -0.05) is 250 Å². The van der Waals surface area contributed by atoms with Gasteiger partial charge >= 0.3 is 6.16 Å². The number of rotatable bonds is 12. The summed E-state index contributed by atoms with van der Waals surface area (Å²) in [5.41, 5.74) is 11.6. The number of para-hydroxylation sites is 2. The third-order valence-electron chi connectivity index (χ3n) is 13.4. The van der Waals surface area contributed by atoms with Crippen LogP contribution in [0.3, 0.4) is 0 Å². The molecule has 8 aromatic rings. The molecule has 0 radical (unpaired) electrons. The highest BCUT2D eigenvalue weighted by molar-refractivity contribution is 5.83. The average Bonchev–Trinajstić information content (AvgIpc) is 3.32. The molecule has 8 aromatic carbocycles. The molecule has 0 aliphatic heterocycles. The van der Waals surface area contributed by atoms with E-state index < -0.39 is 17.0 Å². The molecule has 0 aliphatic carbocycles. The van der Waals surface area contributed by atoms with Gasteiger partial charge < -0.3 is 9.47 Å². The van der Waals surface area contributed by atoms with Crippen molar-refractivity contribution < 1.29 is 14.3 Å². The molecule has 0 saturated heterocycles. The van der Waals surface area contributed by atoms with E-state index in [0.717, 1.165) is 33.4 Å². The minimum atomic E-state index is -0.811. The summed E-state index contributed by atoms with van der Waals surface area (Å²) in [7, 11) is 0. The lowest BCUT2D eigenvalue weighted by atomic mass is 9.66. The van der Waals surface area contributed by atoms with Gasteiger partial charge in [-0.25, -0.2) is 4.79 Å². The zero-order valence-corrected chi connectivity index (χ0v) is 38.4. The van der Waals surface area contributed by atoms with Crippen LogP contribution in [0.4, 0.5) is 4.79 Å². The van der Waals surface area contributed by atoms with Gasteiger partial charge in [0.1, 0.15) is 11.5 Å². The van der Waals surface area contributed by atoms with Crippen molar-refractivity contribution in [3.05, 3.63) is 251 Å². The van der Waals surface area contributed by atoms with Gasteiger partial charge in [-0.05, 0) is 67.8 Å². The molecule has 0 amide bonds. The van der Waals surface area contributed by atoms with Gasteiger partial charge in [0.25, 0.3) is 0 Å². The Balaban J connectivity index is 1.22. The zero-order chi connectivity index (χ0) is 45.1. The summed E-state index contributed by atoms with van der Waals surface area (Å²) in [5.74, 6) is 0.838. The van der Waals surface area contributed by atoms with Crippen LogP contribution in [0, 0.1) is 0 Å². The first-order valence-electron chi connectivity index (χ1n) is 22.3. The van der Waals surface area contributed by atoms with Crippen molar-refractivity contribution >= 4 is 6.16 Å². The third-order valence-corrected chi connectivity index (χ3v) is 13.4. The minimum absolute atomic E-state index is 0.349. The maximum Gasteiger partial charge on any atom is 0.519 e. The van der Waals surface area contributed by atoms with Crippen LogP contribution in [0.1, 0.15) is 99.9 Å². The number of carbonyl (C=O) groups excluding carboxylic acids is 1. The van der Waals surface area contributed by atoms with Crippen LogP contribution in [-0.2, 0) is 21.7 Å². The predicted molar refractivity (Wildman–Crippen MR) is 265 cm³/mol. The third kappa shape index (κ3) is 8.31. The van der Waals surface area contributed by atoms with Crippen LogP contribution >= 0.6 is 0 Å². The summed E-state index contributed by atoms with van der Waals surface area (Å²) in [6.45, 7) is 18.3. The molecule has 0 heterocycles. The Bertz CT molecular complexity index is 2670. The highest BCUT2D eigenvalue weighted by Gasteiger charge is 2.37. The van der Waals surface area contributed by atoms with Crippen molar-refractivity contribution in [1.29, 1.82) is 0 Å². The number of benzene rings is 8. The lowest BCUT2D eigenvalue weighted by Gasteiger charge is -2.37. The Morgan fingerprint density at radius 2 is 0.562 bits per heavy atom. The second-order valence-electron chi connectivity index (χ2n) is 18.9. The highest BCUT2D eigenvalue weighted by atomic mass is 16.7. The molecule has 0 aliphatic rings. The van der Waals surface area contributed by atoms with E-state index >= 15 is 0 Å². The molecular weight excluding hydrogens is 781 g/mol. The smallest absolute Gasteiger partial charge is 0.394 e. The Kier molecular flexibility index (Phi) is 12.0. The van der Waals surface area contributed by atoms with Crippen LogP contribution in [-0.4, -0.2) is 6.16 Å². The SMILES string of the molecule is CC(C)(c1ccccc1)c1cccc(-c2ccccc2OC(=O)Oc2ccccc2-c2cccc(C(C)(C)c3ccccc3)c2C(C)(C)c2ccccc2)c1C(C)(C)c1ccccc1. The molecule has 0 N–H and O–H groups in total. The molecule has 0 spiro atoms. The van der Waals surface area contributed by atoms with Crippen LogP contribution < -0.4 is 9.47 Å². The average molecular weight is 839 g/mol. The van der Waals surface area contributed by atoms with Gasteiger partial charge in [-0.2, -0.15) is 0 Å². The van der Waals surface area contributed by atoms with E-state index in [1.807, 2.05) is 48.5 Å². The Labute approximate surface area is 380 Å². The highest BCUT2D eigenvalue weighted by Crippen LogP contribution is 2.49. The van der Waals surface area contributed by atoms with E-state index in [4.69, 9.17) is 9.47 Å². The fourth-order valence-electron chi connectivity index (χ4n) is 9.72. The van der Waals surface area contributed by atoms with Crippen molar-refractivity contribution in [3.63, 3.8) is 0 Å². The lowest BCUT2D eigenvalue weighted by molar-refractivity contribution is 0.152. The first-order chi connectivity index (χ1) is 30.7. The lowest BCUT2D eigenvalue weighted by Crippen LogP contribution is -2.29. The van der Waals surface area contributed by atoms with Gasteiger partial charge in [0.15, 0.2) is 0 Å². The van der Waals surface area contributed by atoms with Gasteiger partial charge in [-0.15, -0.1) is 0 Å². The first kappa shape index (κ1) is 43.7.